The third-order valence-electron chi connectivity index (χ3n) is 4.12. The zero-order chi connectivity index (χ0) is 20.4. The predicted octanol–water partition coefficient (Wildman–Crippen LogP) is 4.61. The van der Waals surface area contributed by atoms with Gasteiger partial charge in [-0.25, -0.2) is 14.5 Å². The molecule has 1 unspecified atom stereocenters. The highest BCUT2D eigenvalue weighted by Gasteiger charge is 2.27. The van der Waals surface area contributed by atoms with Crippen molar-refractivity contribution in [2.45, 2.75) is 19.9 Å². The lowest BCUT2D eigenvalue weighted by Gasteiger charge is -2.13. The van der Waals surface area contributed by atoms with E-state index in [1.165, 1.54) is 35.8 Å². The Morgan fingerprint density at radius 2 is 2.07 bits per heavy atom. The van der Waals surface area contributed by atoms with Gasteiger partial charge in [0, 0.05) is 26.0 Å². The number of nitrogens with one attached hydrogen (secondary N) is 1. The van der Waals surface area contributed by atoms with Gasteiger partial charge in [-0.05, 0) is 26.0 Å². The summed E-state index contributed by atoms with van der Waals surface area (Å²) in [5, 5.41) is 8.02. The van der Waals surface area contributed by atoms with E-state index in [-0.39, 0.29) is 11.5 Å². The van der Waals surface area contributed by atoms with Gasteiger partial charge in [0.2, 0.25) is 5.91 Å². The molecular formula is C18H16Cl2N4O3S. The number of halogens is 2. The fourth-order valence-electron chi connectivity index (χ4n) is 2.70. The Kier molecular flexibility index (Phi) is 6.02. The average Bonchev–Trinajstić information content (AvgIpc) is 3.29. The number of hydrogen-bond donors (Lipinski definition) is 1. The summed E-state index contributed by atoms with van der Waals surface area (Å²) in [6.07, 6.45) is 2.80. The molecule has 3 aromatic rings. The summed E-state index contributed by atoms with van der Waals surface area (Å²) in [6, 6.07) is 4.40. The molecule has 0 bridgehead atoms. The Balaban J connectivity index is 2.05. The average molecular weight is 439 g/mol. The fourth-order valence-corrected chi connectivity index (χ4v) is 4.26. The van der Waals surface area contributed by atoms with Crippen molar-refractivity contribution < 1.29 is 14.3 Å². The molecule has 1 aromatic carbocycles. The molecule has 10 heteroatoms. The van der Waals surface area contributed by atoms with Gasteiger partial charge in [0.1, 0.15) is 29.3 Å². The lowest BCUT2D eigenvalue weighted by atomic mass is 10.0. The Morgan fingerprint density at radius 1 is 1.32 bits per heavy atom. The Bertz CT molecular complexity index is 1030. The standard InChI is InChI=1S/C18H16Cl2N4O3S/c1-9(24-8-21-7-22-24)16(25)23-17-15(18(26)27-3)14(10(2)28-17)12-5-4-11(19)6-13(12)20/h4-9H,1-3H3,(H,23,25). The van der Waals surface area contributed by atoms with E-state index in [0.29, 0.717) is 26.2 Å². The van der Waals surface area contributed by atoms with Crippen LogP contribution in [-0.4, -0.2) is 33.8 Å². The van der Waals surface area contributed by atoms with Crippen LogP contribution in [0, 0.1) is 6.92 Å². The predicted molar refractivity (Wildman–Crippen MR) is 109 cm³/mol. The number of hydrogen-bond acceptors (Lipinski definition) is 6. The summed E-state index contributed by atoms with van der Waals surface area (Å²) in [6.45, 7) is 3.52. The number of carbonyl (C=O) groups excluding carboxylic acids is 2. The van der Waals surface area contributed by atoms with Crippen molar-refractivity contribution in [3.8, 4) is 11.1 Å². The van der Waals surface area contributed by atoms with Crippen molar-refractivity contribution >= 4 is 51.4 Å². The molecule has 28 heavy (non-hydrogen) atoms. The second-order valence-electron chi connectivity index (χ2n) is 5.89. The van der Waals surface area contributed by atoms with Gasteiger partial charge in [0.05, 0.1) is 7.11 Å². The SMILES string of the molecule is COC(=O)c1c(NC(=O)C(C)n2cncn2)sc(C)c1-c1ccc(Cl)cc1Cl. The highest BCUT2D eigenvalue weighted by molar-refractivity contribution is 7.17. The summed E-state index contributed by atoms with van der Waals surface area (Å²) in [5.74, 6) is -0.917. The van der Waals surface area contributed by atoms with Crippen LogP contribution in [0.25, 0.3) is 11.1 Å². The molecule has 0 saturated heterocycles. The number of aryl methyl sites for hydroxylation is 1. The summed E-state index contributed by atoms with van der Waals surface area (Å²) in [5.41, 5.74) is 1.47. The molecule has 0 aliphatic carbocycles. The van der Waals surface area contributed by atoms with Crippen LogP contribution in [0.3, 0.4) is 0 Å². The zero-order valence-corrected chi connectivity index (χ0v) is 17.5. The van der Waals surface area contributed by atoms with E-state index in [1.807, 2.05) is 6.92 Å². The van der Waals surface area contributed by atoms with E-state index >= 15 is 0 Å². The molecule has 0 saturated carbocycles. The molecule has 1 amide bonds. The number of anilines is 1. The number of nitrogens with zero attached hydrogens (tertiary/aromatic N) is 3. The van der Waals surface area contributed by atoms with Gasteiger partial charge in [0.15, 0.2) is 0 Å². The molecule has 1 atom stereocenters. The van der Waals surface area contributed by atoms with E-state index in [1.54, 1.807) is 25.1 Å². The number of benzene rings is 1. The van der Waals surface area contributed by atoms with Crippen molar-refractivity contribution in [1.29, 1.82) is 0 Å². The largest absolute Gasteiger partial charge is 0.465 e. The number of thiophene rings is 1. The van der Waals surface area contributed by atoms with Gasteiger partial charge in [-0.15, -0.1) is 11.3 Å². The highest BCUT2D eigenvalue weighted by atomic mass is 35.5. The van der Waals surface area contributed by atoms with Crippen LogP contribution in [0.15, 0.2) is 30.9 Å². The van der Waals surface area contributed by atoms with E-state index in [9.17, 15) is 9.59 Å². The van der Waals surface area contributed by atoms with Gasteiger partial charge in [-0.2, -0.15) is 5.10 Å². The van der Waals surface area contributed by atoms with Gasteiger partial charge >= 0.3 is 5.97 Å². The molecule has 0 aliphatic heterocycles. The van der Waals surface area contributed by atoms with Gasteiger partial charge in [-0.3, -0.25) is 4.79 Å². The number of ether oxygens (including phenoxy) is 1. The number of aromatic nitrogens is 3. The lowest BCUT2D eigenvalue weighted by molar-refractivity contribution is -0.119. The highest BCUT2D eigenvalue weighted by Crippen LogP contribution is 2.43. The van der Waals surface area contributed by atoms with E-state index in [2.05, 4.69) is 15.4 Å². The van der Waals surface area contributed by atoms with E-state index < -0.39 is 12.0 Å². The number of amides is 1. The molecule has 0 fully saturated rings. The third-order valence-corrected chi connectivity index (χ3v) is 5.69. The van der Waals surface area contributed by atoms with Gasteiger partial charge in [-0.1, -0.05) is 29.3 Å². The number of carbonyl (C=O) groups is 2. The number of esters is 1. The second kappa shape index (κ2) is 8.30. The monoisotopic (exact) mass is 438 g/mol. The van der Waals surface area contributed by atoms with Crippen LogP contribution in [-0.2, 0) is 9.53 Å². The van der Waals surface area contributed by atoms with Crippen LogP contribution in [0.1, 0.15) is 28.2 Å². The molecule has 2 heterocycles. The number of methoxy groups -OCH3 is 1. The molecule has 7 nitrogen and oxygen atoms in total. The molecule has 146 valence electrons. The van der Waals surface area contributed by atoms with Crippen molar-refractivity contribution in [3.05, 3.63) is 51.3 Å². The first-order chi connectivity index (χ1) is 13.3. The van der Waals surface area contributed by atoms with Crippen molar-refractivity contribution in [1.82, 2.24) is 14.8 Å². The van der Waals surface area contributed by atoms with Crippen LogP contribution >= 0.6 is 34.5 Å². The van der Waals surface area contributed by atoms with Gasteiger partial charge in [0.25, 0.3) is 0 Å². The first kappa shape index (κ1) is 20.3. The van der Waals surface area contributed by atoms with E-state index in [0.717, 1.165) is 4.88 Å². The Hall–Kier alpha value is -2.42. The third kappa shape index (κ3) is 3.89. The molecule has 2 aromatic heterocycles. The van der Waals surface area contributed by atoms with E-state index in [4.69, 9.17) is 27.9 Å². The van der Waals surface area contributed by atoms with Crippen molar-refractivity contribution in [3.63, 3.8) is 0 Å². The first-order valence-electron chi connectivity index (χ1n) is 8.15. The minimum Gasteiger partial charge on any atom is -0.465 e. The second-order valence-corrected chi connectivity index (χ2v) is 7.96. The van der Waals surface area contributed by atoms with Crippen LogP contribution in [0.5, 0.6) is 0 Å². The maximum Gasteiger partial charge on any atom is 0.341 e. The minimum atomic E-state index is -0.613. The molecule has 0 spiro atoms. The zero-order valence-electron chi connectivity index (χ0n) is 15.2. The smallest absolute Gasteiger partial charge is 0.341 e. The molecular weight excluding hydrogens is 423 g/mol. The quantitative estimate of drug-likeness (QED) is 0.587. The maximum absolute atomic E-state index is 12.7. The van der Waals surface area contributed by atoms with Crippen LogP contribution in [0.4, 0.5) is 5.00 Å². The number of rotatable bonds is 5. The van der Waals surface area contributed by atoms with Crippen LogP contribution < -0.4 is 5.32 Å². The normalized spacial score (nSPS) is 11.9. The summed E-state index contributed by atoms with van der Waals surface area (Å²) < 4.78 is 6.37. The summed E-state index contributed by atoms with van der Waals surface area (Å²) >= 11 is 13.6. The fraction of sp³-hybridized carbons (Fsp3) is 0.222. The lowest BCUT2D eigenvalue weighted by Crippen LogP contribution is -2.24. The molecule has 0 radical (unpaired) electrons. The maximum atomic E-state index is 12.7. The Labute approximate surface area is 175 Å². The molecule has 1 N–H and O–H groups in total. The topological polar surface area (TPSA) is 86.1 Å². The molecule has 0 aliphatic rings. The Morgan fingerprint density at radius 3 is 2.68 bits per heavy atom. The van der Waals surface area contributed by atoms with Crippen LogP contribution in [0.2, 0.25) is 10.0 Å². The van der Waals surface area contributed by atoms with Gasteiger partial charge < -0.3 is 10.1 Å². The van der Waals surface area contributed by atoms with Crippen molar-refractivity contribution in [2.24, 2.45) is 0 Å². The minimum absolute atomic E-state index is 0.244. The van der Waals surface area contributed by atoms with Crippen molar-refractivity contribution in [2.75, 3.05) is 12.4 Å². The first-order valence-corrected chi connectivity index (χ1v) is 9.72. The summed E-state index contributed by atoms with van der Waals surface area (Å²) in [4.78, 5) is 29.8. The summed E-state index contributed by atoms with van der Waals surface area (Å²) in [7, 11) is 1.28. The molecule has 3 rings (SSSR count).